The maximum Gasteiger partial charge on any atom is 0.169 e. The lowest BCUT2D eigenvalue weighted by Gasteiger charge is -2.24. The van der Waals surface area contributed by atoms with E-state index >= 15 is 0 Å². The number of rotatable bonds is 4. The maximum atomic E-state index is 5.87. The molecule has 1 aromatic carbocycles. The quantitative estimate of drug-likeness (QED) is 0.806. The Morgan fingerprint density at radius 3 is 2.75 bits per heavy atom. The molecule has 1 heterocycles. The molecule has 0 fully saturated rings. The summed E-state index contributed by atoms with van der Waals surface area (Å²) in [5.41, 5.74) is 1.18. The average Bonchev–Trinajstić information content (AvgIpc) is 2.80. The van der Waals surface area contributed by atoms with Crippen molar-refractivity contribution in [3.63, 3.8) is 0 Å². The van der Waals surface area contributed by atoms with Crippen LogP contribution in [0.4, 0.5) is 5.69 Å². The molecule has 0 N–H and O–H groups in total. The molecule has 0 saturated heterocycles. The minimum atomic E-state index is 0.246. The second kappa shape index (κ2) is 5.21. The summed E-state index contributed by atoms with van der Waals surface area (Å²) in [7, 11) is 0. The Hall–Kier alpha value is -1.22. The van der Waals surface area contributed by atoms with E-state index in [9.17, 15) is 0 Å². The SMILES string of the molecule is CCN(CC1COC=N1)c1ccc(Cl)cc1. The Kier molecular flexibility index (Phi) is 3.67. The van der Waals surface area contributed by atoms with Gasteiger partial charge in [-0.15, -0.1) is 0 Å². The monoisotopic (exact) mass is 238 g/mol. The van der Waals surface area contributed by atoms with Crippen LogP contribution in [0.25, 0.3) is 0 Å². The predicted molar refractivity (Wildman–Crippen MR) is 67.6 cm³/mol. The number of hydrogen-bond acceptors (Lipinski definition) is 3. The lowest BCUT2D eigenvalue weighted by molar-refractivity contribution is 0.328. The molecule has 1 aliphatic heterocycles. The zero-order valence-corrected chi connectivity index (χ0v) is 10.0. The summed E-state index contributed by atoms with van der Waals surface area (Å²) < 4.78 is 5.12. The fraction of sp³-hybridized carbons (Fsp3) is 0.417. The third kappa shape index (κ3) is 2.67. The van der Waals surface area contributed by atoms with E-state index in [-0.39, 0.29) is 6.04 Å². The second-order valence-corrected chi connectivity index (χ2v) is 4.19. The molecule has 16 heavy (non-hydrogen) atoms. The summed E-state index contributed by atoms with van der Waals surface area (Å²) in [5.74, 6) is 0. The topological polar surface area (TPSA) is 24.8 Å². The molecule has 1 atom stereocenters. The number of benzene rings is 1. The van der Waals surface area contributed by atoms with Gasteiger partial charge in [0.1, 0.15) is 12.6 Å². The molecular weight excluding hydrogens is 224 g/mol. The summed E-state index contributed by atoms with van der Waals surface area (Å²) in [6.45, 7) is 4.65. The minimum Gasteiger partial charge on any atom is -0.481 e. The Labute approximate surface area is 101 Å². The van der Waals surface area contributed by atoms with Gasteiger partial charge in [-0.2, -0.15) is 0 Å². The van der Waals surface area contributed by atoms with Gasteiger partial charge in [-0.1, -0.05) is 11.6 Å². The third-order valence-corrected chi connectivity index (χ3v) is 2.89. The molecule has 0 radical (unpaired) electrons. The molecule has 0 aromatic heterocycles. The summed E-state index contributed by atoms with van der Waals surface area (Å²) in [5, 5.41) is 0.766. The third-order valence-electron chi connectivity index (χ3n) is 2.64. The lowest BCUT2D eigenvalue weighted by Crippen LogP contribution is -2.32. The number of nitrogens with zero attached hydrogens (tertiary/aromatic N) is 2. The van der Waals surface area contributed by atoms with Crippen LogP contribution >= 0.6 is 11.6 Å². The van der Waals surface area contributed by atoms with Gasteiger partial charge in [-0.05, 0) is 31.2 Å². The number of anilines is 1. The lowest BCUT2D eigenvalue weighted by atomic mass is 10.2. The van der Waals surface area contributed by atoms with Crippen molar-refractivity contribution in [1.82, 2.24) is 0 Å². The van der Waals surface area contributed by atoms with Crippen molar-refractivity contribution in [3.8, 4) is 0 Å². The normalized spacial score (nSPS) is 18.5. The Balaban J connectivity index is 2.03. The second-order valence-electron chi connectivity index (χ2n) is 3.76. The van der Waals surface area contributed by atoms with E-state index in [2.05, 4.69) is 16.8 Å². The van der Waals surface area contributed by atoms with Gasteiger partial charge in [0.15, 0.2) is 6.40 Å². The summed E-state index contributed by atoms with van der Waals surface area (Å²) in [6.07, 6.45) is 1.54. The predicted octanol–water partition coefficient (Wildman–Crippen LogP) is 2.59. The van der Waals surface area contributed by atoms with Gasteiger partial charge in [-0.3, -0.25) is 0 Å². The van der Waals surface area contributed by atoms with Crippen molar-refractivity contribution in [2.24, 2.45) is 4.99 Å². The maximum absolute atomic E-state index is 5.87. The first kappa shape index (κ1) is 11.3. The van der Waals surface area contributed by atoms with Crippen LogP contribution in [0.3, 0.4) is 0 Å². The van der Waals surface area contributed by atoms with Gasteiger partial charge < -0.3 is 9.64 Å². The van der Waals surface area contributed by atoms with Crippen LogP contribution in [0.5, 0.6) is 0 Å². The highest BCUT2D eigenvalue weighted by Crippen LogP contribution is 2.18. The van der Waals surface area contributed by atoms with Crippen molar-refractivity contribution >= 4 is 23.7 Å². The highest BCUT2D eigenvalue weighted by molar-refractivity contribution is 6.30. The molecule has 3 nitrogen and oxygen atoms in total. The van der Waals surface area contributed by atoms with Crippen LogP contribution in [-0.4, -0.2) is 32.1 Å². The number of halogens is 1. The fourth-order valence-electron chi connectivity index (χ4n) is 1.75. The van der Waals surface area contributed by atoms with Crippen LogP contribution in [0.1, 0.15) is 6.92 Å². The van der Waals surface area contributed by atoms with E-state index in [1.807, 2.05) is 24.3 Å². The van der Waals surface area contributed by atoms with Gasteiger partial charge in [0, 0.05) is 23.8 Å². The van der Waals surface area contributed by atoms with Crippen molar-refractivity contribution in [1.29, 1.82) is 0 Å². The van der Waals surface area contributed by atoms with Gasteiger partial charge in [0.05, 0.1) is 0 Å². The van der Waals surface area contributed by atoms with E-state index in [1.54, 1.807) is 6.40 Å². The van der Waals surface area contributed by atoms with E-state index in [0.29, 0.717) is 6.61 Å². The number of aliphatic imine (C=N–C) groups is 1. The summed E-state index contributed by atoms with van der Waals surface area (Å²) in [4.78, 5) is 6.52. The van der Waals surface area contributed by atoms with Crippen LogP contribution in [0.15, 0.2) is 29.3 Å². The van der Waals surface area contributed by atoms with E-state index in [0.717, 1.165) is 18.1 Å². The number of hydrogen-bond donors (Lipinski definition) is 0. The van der Waals surface area contributed by atoms with Gasteiger partial charge in [0.25, 0.3) is 0 Å². The Morgan fingerprint density at radius 1 is 1.44 bits per heavy atom. The van der Waals surface area contributed by atoms with Crippen molar-refractivity contribution < 1.29 is 4.74 Å². The van der Waals surface area contributed by atoms with Gasteiger partial charge in [-0.25, -0.2) is 4.99 Å². The summed E-state index contributed by atoms with van der Waals surface area (Å²) >= 11 is 5.87. The molecule has 0 aliphatic carbocycles. The van der Waals surface area contributed by atoms with Crippen molar-refractivity contribution in [3.05, 3.63) is 29.3 Å². The first-order valence-corrected chi connectivity index (χ1v) is 5.81. The number of likely N-dealkylation sites (N-methyl/N-ethyl adjacent to an activating group) is 1. The molecular formula is C12H15ClN2O. The van der Waals surface area contributed by atoms with Gasteiger partial charge in [0.2, 0.25) is 0 Å². The van der Waals surface area contributed by atoms with Crippen LogP contribution in [-0.2, 0) is 4.74 Å². The average molecular weight is 239 g/mol. The standard InChI is InChI=1S/C12H15ClN2O/c1-2-15(7-11-8-16-9-14-11)12-5-3-10(13)4-6-12/h3-6,9,11H,2,7-8H2,1H3. The molecule has 86 valence electrons. The molecule has 1 aliphatic rings. The highest BCUT2D eigenvalue weighted by atomic mass is 35.5. The molecule has 1 aromatic rings. The van der Waals surface area contributed by atoms with Crippen molar-refractivity contribution in [2.45, 2.75) is 13.0 Å². The van der Waals surface area contributed by atoms with Crippen molar-refractivity contribution in [2.75, 3.05) is 24.6 Å². The minimum absolute atomic E-state index is 0.246. The molecule has 0 spiro atoms. The first-order chi connectivity index (χ1) is 7.79. The zero-order valence-electron chi connectivity index (χ0n) is 9.27. The van der Waals surface area contributed by atoms with E-state index in [4.69, 9.17) is 16.3 Å². The molecule has 4 heteroatoms. The number of ether oxygens (including phenoxy) is 1. The van der Waals surface area contributed by atoms with Crippen LogP contribution in [0, 0.1) is 0 Å². The smallest absolute Gasteiger partial charge is 0.169 e. The van der Waals surface area contributed by atoms with Crippen LogP contribution < -0.4 is 4.90 Å². The molecule has 0 saturated carbocycles. The molecule has 2 rings (SSSR count). The van der Waals surface area contributed by atoms with E-state index in [1.165, 1.54) is 5.69 Å². The first-order valence-electron chi connectivity index (χ1n) is 5.43. The molecule has 0 bridgehead atoms. The van der Waals surface area contributed by atoms with E-state index < -0.39 is 0 Å². The van der Waals surface area contributed by atoms with Gasteiger partial charge >= 0.3 is 0 Å². The Morgan fingerprint density at radius 2 is 2.19 bits per heavy atom. The van der Waals surface area contributed by atoms with Crippen LogP contribution in [0.2, 0.25) is 5.02 Å². The fourth-order valence-corrected chi connectivity index (χ4v) is 1.88. The highest BCUT2D eigenvalue weighted by Gasteiger charge is 2.15. The largest absolute Gasteiger partial charge is 0.481 e. The zero-order chi connectivity index (χ0) is 11.4. The molecule has 0 amide bonds. The summed E-state index contributed by atoms with van der Waals surface area (Å²) in [6, 6.07) is 8.13. The Bertz CT molecular complexity index is 364. The molecule has 1 unspecified atom stereocenters.